The van der Waals surface area contributed by atoms with Crippen molar-refractivity contribution >= 4 is 102 Å². The van der Waals surface area contributed by atoms with Gasteiger partial charge in [0.2, 0.25) is 23.7 Å². The summed E-state index contributed by atoms with van der Waals surface area (Å²) in [6.07, 6.45) is 13.8. The number of allylic oxidation sites excluding steroid dienone is 3. The molecule has 0 aliphatic heterocycles. The quantitative estimate of drug-likeness (QED) is 0.0131. The van der Waals surface area contributed by atoms with Gasteiger partial charge in [0.15, 0.2) is 0 Å². The number of nitrogens with one attached hydrogen (secondary N) is 6. The van der Waals surface area contributed by atoms with Gasteiger partial charge in [-0.25, -0.2) is 16.8 Å². The van der Waals surface area contributed by atoms with Gasteiger partial charge in [0, 0.05) is 88.3 Å². The maximum absolute atomic E-state index is 9.08. The van der Waals surface area contributed by atoms with Crippen molar-refractivity contribution in [2.45, 2.75) is 12.3 Å². The zero-order valence-corrected chi connectivity index (χ0v) is 55.4. The smallest absolute Gasteiger partial charge is 0.748 e. The third kappa shape index (κ3) is 30.0. The predicted molar refractivity (Wildman–Crippen MR) is 280 cm³/mol. The zero-order valence-electron chi connectivity index (χ0n) is 44.2. The summed E-state index contributed by atoms with van der Waals surface area (Å²) in [5.41, 5.74) is 11.4. The molecule has 0 fully saturated rings. The van der Waals surface area contributed by atoms with E-state index in [0.29, 0.717) is 42.1 Å². The fourth-order valence-corrected chi connectivity index (χ4v) is 6.95. The van der Waals surface area contributed by atoms with E-state index in [0.717, 1.165) is 64.6 Å². The summed E-state index contributed by atoms with van der Waals surface area (Å²) in [5.74, 6) is 2.94. The van der Waals surface area contributed by atoms with Crippen LogP contribution in [0.1, 0.15) is 17.0 Å². The molecule has 0 radical (unpaired) electrons. The Hall–Kier alpha value is -3.32. The Labute approximate surface area is 555 Å². The van der Waals surface area contributed by atoms with E-state index in [2.05, 4.69) is 97.3 Å². The van der Waals surface area contributed by atoms with Crippen molar-refractivity contribution in [2.75, 3.05) is 57.0 Å². The Morgan fingerprint density at radius 3 is 1.39 bits per heavy atom. The van der Waals surface area contributed by atoms with E-state index in [9.17, 15) is 0 Å². The van der Waals surface area contributed by atoms with Crippen LogP contribution in [0.25, 0.3) is 0 Å². The molecule has 0 spiro atoms. The molecule has 0 saturated carbocycles. The van der Waals surface area contributed by atoms with Crippen LogP contribution in [-0.4, -0.2) is 76.0 Å². The molecule has 0 bridgehead atoms. The molecule has 2 aliphatic carbocycles. The predicted octanol–water partition coefficient (Wildman–Crippen LogP) is -6.07. The molecule has 2 aliphatic rings. The second-order valence-corrected chi connectivity index (χ2v) is 19.0. The third-order valence-electron chi connectivity index (χ3n) is 9.43. The number of nitrogens with zero attached hydrogens (tertiary/aromatic N) is 6. The van der Waals surface area contributed by atoms with Gasteiger partial charge >= 0.3 is 118 Å². The maximum Gasteiger partial charge on any atom is 1.00 e. The van der Waals surface area contributed by atoms with Crippen LogP contribution in [0.2, 0.25) is 0 Å². The van der Waals surface area contributed by atoms with E-state index in [-0.39, 0.29) is 130 Å². The number of hydrogen-bond donors (Lipinski definition) is 6. The van der Waals surface area contributed by atoms with Gasteiger partial charge < -0.3 is 46.2 Å². The van der Waals surface area contributed by atoms with Gasteiger partial charge in [0.25, 0.3) is 12.1 Å². The van der Waals surface area contributed by atoms with Crippen molar-refractivity contribution in [3.8, 4) is 0 Å². The molecule has 24 nitrogen and oxygen atoms in total. The molecule has 2 aromatic heterocycles. The van der Waals surface area contributed by atoms with E-state index < -0.39 is 20.2 Å². The fraction of sp³-hybridized carbons (Fsp3) is 0.149. The number of para-hydroxylation sites is 4. The average Bonchev–Trinajstić information content (AvgIpc) is 3.72. The summed E-state index contributed by atoms with van der Waals surface area (Å²) < 4.78 is 61.8. The average molecular weight is 1190 g/mol. The minimum atomic E-state index is -3.92. The van der Waals surface area contributed by atoms with E-state index in [1.54, 1.807) is 17.3 Å². The minimum Gasteiger partial charge on any atom is -0.748 e. The van der Waals surface area contributed by atoms with Gasteiger partial charge in [-0.15, -0.1) is 5.43 Å². The number of anilines is 10. The first-order chi connectivity index (χ1) is 36.0. The van der Waals surface area contributed by atoms with Crippen LogP contribution in [0.15, 0.2) is 170 Å². The van der Waals surface area contributed by atoms with Crippen LogP contribution in [0.3, 0.4) is 0 Å². The second-order valence-electron chi connectivity index (χ2n) is 15.2. The molecular weight excluding hydrogens is 1140 g/mol. The largest absolute Gasteiger partial charge is 1.00 e. The number of benzene rings is 5. The number of fused-ring (bicyclic) bond motifs is 3. The Morgan fingerprint density at radius 2 is 0.975 bits per heavy atom. The molecule has 396 valence electrons. The molecule has 79 heavy (non-hydrogen) atoms. The van der Waals surface area contributed by atoms with Crippen molar-refractivity contribution in [3.63, 3.8) is 0 Å². The van der Waals surface area contributed by atoms with Crippen LogP contribution < -0.4 is 166 Å². The molecule has 0 saturated heterocycles. The molecule has 2 heterocycles. The number of hydrogen-bond acceptors (Lipinski definition) is 25. The van der Waals surface area contributed by atoms with Gasteiger partial charge in [0.05, 0.1) is 31.0 Å². The third-order valence-corrected chi connectivity index (χ3v) is 9.82. The maximum atomic E-state index is 9.08. The van der Waals surface area contributed by atoms with Crippen molar-refractivity contribution in [1.29, 1.82) is 0 Å². The molecule has 6 N–H and O–H groups in total. The second kappa shape index (κ2) is 39.2. The van der Waals surface area contributed by atoms with E-state index in [4.69, 9.17) is 51.4 Å². The van der Waals surface area contributed by atoms with Crippen LogP contribution in [0.4, 0.5) is 58.0 Å². The Kier molecular flexibility index (Phi) is 36.6. The monoisotopic (exact) mass is 1190 g/mol. The molecular formula is C47H49N12Na4O12S4+. The first-order valence-electron chi connectivity index (χ1n) is 21.7. The first-order valence-corrected chi connectivity index (χ1v) is 27.6. The van der Waals surface area contributed by atoms with Crippen LogP contribution in [0, 0.1) is 5.92 Å². The zero-order chi connectivity index (χ0) is 54.1. The normalized spacial score (nSPS) is 13.1. The number of aromatic nitrogens is 6. The van der Waals surface area contributed by atoms with Gasteiger partial charge in [-0.05, 0) is 90.2 Å². The number of rotatable bonds is 16. The van der Waals surface area contributed by atoms with E-state index in [1.807, 2.05) is 128 Å². The summed E-state index contributed by atoms with van der Waals surface area (Å²) >= 11 is 1.73. The summed E-state index contributed by atoms with van der Waals surface area (Å²) in [6, 6.07) is 46.0. The summed E-state index contributed by atoms with van der Waals surface area (Å²) in [5, 5.41) is 44.9. The summed E-state index contributed by atoms with van der Waals surface area (Å²) in [4.78, 5) is 20.5. The molecule has 2 unspecified atom stereocenters. The Bertz CT molecular complexity index is 2990. The van der Waals surface area contributed by atoms with Crippen molar-refractivity contribution in [3.05, 3.63) is 181 Å². The molecule has 9 rings (SSSR count). The molecule has 5 aromatic carbocycles. The molecule has 7 aromatic rings. The van der Waals surface area contributed by atoms with Crippen LogP contribution in [-0.2, 0) is 45.4 Å². The van der Waals surface area contributed by atoms with E-state index >= 15 is 0 Å². The van der Waals surface area contributed by atoms with Crippen molar-refractivity contribution in [2.24, 2.45) is 5.92 Å². The van der Waals surface area contributed by atoms with Crippen molar-refractivity contribution in [1.82, 2.24) is 25.0 Å². The van der Waals surface area contributed by atoms with Crippen LogP contribution in [0.5, 0.6) is 0 Å². The minimum absolute atomic E-state index is 0. The standard InChI is InChI=1S/C43H37N12.4CH4O3S.4Na/c1-5-13-31(14-6-1)45-40-50-41(46-32-15-7-2-8-16-32)52-42(51-40)48-36-22-24-38-30(27-36)25-29-26-35(21-23-37(29)38)44-39-28-55(53-34-19-11-4-12-20-34)54-43(49-39)47-33-17-9-3-10-18-33;2*1-5(2,3)4;2*1-5-4-3-2;;;;/h1-24,26-28,30,38H,25H2,(H3,44,47,49,53,54)(H3,45,46,48,50,51,52);2*1H3,(H,2,3,4);2*2H,1H3;;;;/q+1;;;;;4*+1/p-4. The van der Waals surface area contributed by atoms with Gasteiger partial charge in [-0.1, -0.05) is 91.0 Å². The van der Waals surface area contributed by atoms with Gasteiger partial charge in [-0.2, -0.15) is 28.6 Å². The van der Waals surface area contributed by atoms with E-state index in [1.165, 1.54) is 11.1 Å². The van der Waals surface area contributed by atoms with Crippen LogP contribution >= 0.6 is 24.1 Å². The Morgan fingerprint density at radius 1 is 0.557 bits per heavy atom. The van der Waals surface area contributed by atoms with Crippen molar-refractivity contribution < 1.29 is 178 Å². The Balaban J connectivity index is 0.00000112. The van der Waals surface area contributed by atoms with Gasteiger partial charge in [0.1, 0.15) is 0 Å². The summed E-state index contributed by atoms with van der Waals surface area (Å²) in [6.45, 7) is 0. The topological polar surface area (TPSA) is 338 Å². The molecule has 32 heteroatoms. The molecule has 0 amide bonds. The first kappa shape index (κ1) is 73.7. The van der Waals surface area contributed by atoms with Gasteiger partial charge in [-0.3, -0.25) is 10.1 Å². The fourth-order valence-electron chi connectivity index (χ4n) is 6.84. The molecule has 2 atom stereocenters. The summed E-state index contributed by atoms with van der Waals surface area (Å²) in [7, 11) is -7.83. The SMILES string of the molecule is C1=CC2c3ccc(Nc4c[n+](Nc5ccccc5)nc(Nc5ccccc5)n4)cc3CC2C=C1Nc1nc(Nc2ccccc2)nc(Nc2ccccc2)n1.CS(=O)(=O)[O-].CS(=O)(=O)[O-].CSOO[O-].CSOO[O-].[Na+].[Na+].[Na+].[Na+].